The van der Waals surface area contributed by atoms with Crippen LogP contribution in [0.5, 0.6) is 0 Å². The highest BCUT2D eigenvalue weighted by atomic mass is 16.7. The summed E-state index contributed by atoms with van der Waals surface area (Å²) in [7, 11) is 0. The standard InChI is InChI=1S/C67H112O12/c1-4-7-10-13-16-19-22-25-27-29-30-32-33-36-38-41-44-47-50-53-59(68)75-56-58(77-60(69)54-51-48-45-42-39-35-24-21-18-15-12-9-6-3)57-76-67-65(63(72)62(71)64(79-67)66(73)74)78-61(70)55-52-49-46-43-40-37-34-31-28-26-23-20-17-14-11-8-5-2/h8,11-12,15,17,20-21,24-28,34,37,58,62-65,67,71-72H,4-7,9-10,13-14,16,18-19,22-23,29-33,35-36,38-57H2,1-3H3,(H,73,74)/b11-8-,15-12-,20-17-,24-21-,27-25-,28-26-,37-34-. The second-order valence-corrected chi connectivity index (χ2v) is 21.3. The molecule has 1 saturated heterocycles. The number of esters is 3. The van der Waals surface area contributed by atoms with Gasteiger partial charge in [0.1, 0.15) is 18.8 Å². The van der Waals surface area contributed by atoms with Gasteiger partial charge in [0, 0.05) is 19.3 Å². The van der Waals surface area contributed by atoms with E-state index in [-0.39, 0.29) is 25.9 Å². The lowest BCUT2D eigenvalue weighted by atomic mass is 9.98. The number of carboxylic acids is 1. The van der Waals surface area contributed by atoms with Gasteiger partial charge in [0.25, 0.3) is 0 Å². The molecule has 0 amide bonds. The summed E-state index contributed by atoms with van der Waals surface area (Å²) in [6, 6.07) is 0. The number of aliphatic hydroxyl groups is 2. The Balaban J connectivity index is 2.67. The van der Waals surface area contributed by atoms with Gasteiger partial charge in [-0.3, -0.25) is 14.4 Å². The normalized spacial score (nSPS) is 18.4. The second kappa shape index (κ2) is 54.5. The van der Waals surface area contributed by atoms with E-state index >= 15 is 0 Å². The molecule has 1 fully saturated rings. The van der Waals surface area contributed by atoms with Crippen LogP contribution in [0.2, 0.25) is 0 Å². The van der Waals surface area contributed by atoms with Crippen molar-refractivity contribution in [3.63, 3.8) is 0 Å². The van der Waals surface area contributed by atoms with Crippen molar-refractivity contribution in [2.24, 2.45) is 0 Å². The number of aliphatic carboxylic acids is 1. The summed E-state index contributed by atoms with van der Waals surface area (Å²) in [5, 5.41) is 31.5. The molecule has 0 radical (unpaired) electrons. The molecule has 1 heterocycles. The van der Waals surface area contributed by atoms with Crippen LogP contribution in [-0.4, -0.2) is 89.2 Å². The number of carboxylic acid groups (broad SMARTS) is 1. The maximum Gasteiger partial charge on any atom is 0.335 e. The zero-order valence-corrected chi connectivity index (χ0v) is 49.8. The molecule has 3 N–H and O–H groups in total. The highest BCUT2D eigenvalue weighted by Gasteiger charge is 2.50. The molecule has 0 aliphatic carbocycles. The SMILES string of the molecule is CC/C=C\C/C=C\C/C=C\C/C=C\CCCCCCC(=O)OC1C(OCC(COC(=O)CCCCCCCCCCC/C=C\CCCCCCCC)OC(=O)CCCCCCC/C=C\C/C=C\CCC)OC(C(=O)O)C(O)C1O. The third-order valence-corrected chi connectivity index (χ3v) is 13.9. The molecule has 79 heavy (non-hydrogen) atoms. The number of rotatable bonds is 53. The number of unbranched alkanes of at least 4 members (excludes halogenated alkanes) is 25. The van der Waals surface area contributed by atoms with Crippen molar-refractivity contribution >= 4 is 23.9 Å². The van der Waals surface area contributed by atoms with Crippen molar-refractivity contribution in [3.8, 4) is 0 Å². The Morgan fingerprint density at radius 3 is 1.28 bits per heavy atom. The van der Waals surface area contributed by atoms with Crippen molar-refractivity contribution in [2.75, 3.05) is 13.2 Å². The zero-order valence-electron chi connectivity index (χ0n) is 49.8. The first-order valence-electron chi connectivity index (χ1n) is 31.6. The highest BCUT2D eigenvalue weighted by molar-refractivity contribution is 5.74. The summed E-state index contributed by atoms with van der Waals surface area (Å²) >= 11 is 0. The Hall–Kier alpha value is -4.10. The topological polar surface area (TPSA) is 175 Å². The summed E-state index contributed by atoms with van der Waals surface area (Å²) in [6.07, 6.45) is 58.3. The molecule has 12 nitrogen and oxygen atoms in total. The van der Waals surface area contributed by atoms with E-state index in [2.05, 4.69) is 106 Å². The van der Waals surface area contributed by atoms with E-state index in [1.165, 1.54) is 83.5 Å². The van der Waals surface area contributed by atoms with Crippen LogP contribution in [0.1, 0.15) is 265 Å². The molecule has 12 heteroatoms. The minimum atomic E-state index is -1.92. The molecule has 1 aliphatic heterocycles. The Kier molecular flexibility index (Phi) is 50.3. The van der Waals surface area contributed by atoms with Gasteiger partial charge in [-0.15, -0.1) is 0 Å². The van der Waals surface area contributed by atoms with Gasteiger partial charge >= 0.3 is 23.9 Å². The summed E-state index contributed by atoms with van der Waals surface area (Å²) in [5.41, 5.74) is 0. The van der Waals surface area contributed by atoms with E-state index in [1.807, 2.05) is 0 Å². The van der Waals surface area contributed by atoms with E-state index in [0.717, 1.165) is 122 Å². The first-order valence-corrected chi connectivity index (χ1v) is 31.6. The number of hydrogen-bond acceptors (Lipinski definition) is 11. The molecule has 0 aromatic carbocycles. The third kappa shape index (κ3) is 44.3. The smallest absolute Gasteiger partial charge is 0.335 e. The molecule has 6 atom stereocenters. The van der Waals surface area contributed by atoms with E-state index in [0.29, 0.717) is 19.3 Å². The fourth-order valence-electron chi connectivity index (χ4n) is 9.10. The van der Waals surface area contributed by atoms with Gasteiger partial charge in [-0.1, -0.05) is 221 Å². The van der Waals surface area contributed by atoms with E-state index in [9.17, 15) is 34.5 Å². The van der Waals surface area contributed by atoms with Gasteiger partial charge in [0.2, 0.25) is 0 Å². The van der Waals surface area contributed by atoms with Crippen LogP contribution in [0.3, 0.4) is 0 Å². The highest BCUT2D eigenvalue weighted by Crippen LogP contribution is 2.26. The summed E-state index contributed by atoms with van der Waals surface area (Å²) in [6.45, 7) is 5.80. The van der Waals surface area contributed by atoms with Crippen LogP contribution >= 0.6 is 0 Å². The lowest BCUT2D eigenvalue weighted by molar-refractivity contribution is -0.301. The molecule has 0 saturated carbocycles. The number of ether oxygens (including phenoxy) is 5. The Labute approximate surface area is 480 Å². The molecule has 0 bridgehead atoms. The van der Waals surface area contributed by atoms with Gasteiger partial charge < -0.3 is 39.0 Å². The van der Waals surface area contributed by atoms with Crippen molar-refractivity contribution < 1.29 is 58.2 Å². The van der Waals surface area contributed by atoms with Crippen molar-refractivity contribution in [1.82, 2.24) is 0 Å². The lowest BCUT2D eigenvalue weighted by Crippen LogP contribution is -2.61. The van der Waals surface area contributed by atoms with Crippen molar-refractivity contribution in [2.45, 2.75) is 302 Å². The lowest BCUT2D eigenvalue weighted by Gasteiger charge is -2.40. The van der Waals surface area contributed by atoms with Crippen LogP contribution in [0.15, 0.2) is 85.1 Å². The maximum atomic E-state index is 13.2. The molecule has 6 unspecified atom stereocenters. The van der Waals surface area contributed by atoms with E-state index in [1.54, 1.807) is 0 Å². The summed E-state index contributed by atoms with van der Waals surface area (Å²) in [4.78, 5) is 51.2. The van der Waals surface area contributed by atoms with Crippen molar-refractivity contribution in [3.05, 3.63) is 85.1 Å². The van der Waals surface area contributed by atoms with Crippen LogP contribution in [0, 0.1) is 0 Å². The Morgan fingerprint density at radius 2 is 0.823 bits per heavy atom. The predicted octanol–water partition coefficient (Wildman–Crippen LogP) is 16.7. The average Bonchev–Trinajstić information content (AvgIpc) is 3.46. The number of allylic oxidation sites excluding steroid dienone is 14. The average molecular weight is 1110 g/mol. The van der Waals surface area contributed by atoms with Crippen LogP contribution < -0.4 is 0 Å². The van der Waals surface area contributed by atoms with Gasteiger partial charge in [-0.2, -0.15) is 0 Å². The van der Waals surface area contributed by atoms with Crippen LogP contribution in [0.4, 0.5) is 0 Å². The minimum absolute atomic E-state index is 0.0281. The van der Waals surface area contributed by atoms with Crippen molar-refractivity contribution in [1.29, 1.82) is 0 Å². The molecule has 1 rings (SSSR count). The Morgan fingerprint density at radius 1 is 0.430 bits per heavy atom. The first kappa shape index (κ1) is 72.9. The number of carbonyl (C=O) groups is 4. The fraction of sp³-hybridized carbons (Fsp3) is 0.731. The number of carbonyl (C=O) groups excluding carboxylic acids is 3. The molecular weight excluding hydrogens is 997 g/mol. The number of aliphatic hydroxyl groups excluding tert-OH is 2. The number of hydrogen-bond donors (Lipinski definition) is 3. The van der Waals surface area contributed by atoms with Gasteiger partial charge in [-0.25, -0.2) is 4.79 Å². The molecule has 0 aromatic rings. The predicted molar refractivity (Wildman–Crippen MR) is 321 cm³/mol. The van der Waals surface area contributed by atoms with Gasteiger partial charge in [0.05, 0.1) is 6.61 Å². The molecular formula is C67H112O12. The zero-order chi connectivity index (χ0) is 57.5. The fourth-order valence-corrected chi connectivity index (χ4v) is 9.10. The van der Waals surface area contributed by atoms with Gasteiger partial charge in [0.15, 0.2) is 24.6 Å². The quantitative estimate of drug-likeness (QED) is 0.0228. The Bertz CT molecular complexity index is 1700. The van der Waals surface area contributed by atoms with Crippen LogP contribution in [-0.2, 0) is 42.9 Å². The summed E-state index contributed by atoms with van der Waals surface area (Å²) < 4.78 is 28.5. The summed E-state index contributed by atoms with van der Waals surface area (Å²) in [5.74, 6) is -3.17. The molecule has 0 aromatic heterocycles. The van der Waals surface area contributed by atoms with Gasteiger partial charge in [-0.05, 0) is 109 Å². The van der Waals surface area contributed by atoms with E-state index < -0.39 is 67.3 Å². The third-order valence-electron chi connectivity index (χ3n) is 13.9. The monoisotopic (exact) mass is 1110 g/mol. The molecule has 0 spiro atoms. The van der Waals surface area contributed by atoms with E-state index in [4.69, 9.17) is 23.7 Å². The van der Waals surface area contributed by atoms with Crippen LogP contribution in [0.25, 0.3) is 0 Å². The first-order chi connectivity index (χ1) is 38.6. The minimum Gasteiger partial charge on any atom is -0.479 e. The molecule has 452 valence electrons. The second-order valence-electron chi connectivity index (χ2n) is 21.3. The molecule has 1 aliphatic rings. The maximum absolute atomic E-state index is 13.2. The largest absolute Gasteiger partial charge is 0.479 e.